The van der Waals surface area contributed by atoms with E-state index >= 15 is 0 Å². The molecule has 0 aromatic rings. The molecule has 1 heteroatoms. The van der Waals surface area contributed by atoms with Crippen LogP contribution in [0.2, 0.25) is 12.6 Å². The summed E-state index contributed by atoms with van der Waals surface area (Å²) in [5.74, 6) is 2.40. The molecule has 0 aromatic carbocycles. The Bertz CT molecular complexity index is 228. The van der Waals surface area contributed by atoms with Gasteiger partial charge in [0.25, 0.3) is 0 Å². The lowest BCUT2D eigenvalue weighted by Crippen LogP contribution is -2.07. The predicted octanol–water partition coefficient (Wildman–Crippen LogP) is 5.09. The Labute approximate surface area is 102 Å². The molecule has 0 aliphatic rings. The first kappa shape index (κ1) is 15.0. The minimum atomic E-state index is 0.571. The van der Waals surface area contributed by atoms with Crippen molar-refractivity contribution in [3.8, 4) is 0 Å². The Morgan fingerprint density at radius 1 is 1.06 bits per heavy atom. The molecule has 0 spiro atoms. The zero-order valence-corrected chi connectivity index (χ0v) is 10.8. The van der Waals surface area contributed by atoms with Gasteiger partial charge in [-0.25, -0.2) is 0 Å². The molecule has 0 heterocycles. The van der Waals surface area contributed by atoms with E-state index in [0.717, 1.165) is 19.1 Å². The van der Waals surface area contributed by atoms with Crippen LogP contribution in [-0.4, -0.2) is 6.71 Å². The number of allylic oxidation sites excluding steroid dienone is 4. The van der Waals surface area contributed by atoms with E-state index in [-0.39, 0.29) is 0 Å². The average Bonchev–Trinajstić information content (AvgIpc) is 2.27. The summed E-state index contributed by atoms with van der Waals surface area (Å²) in [5.41, 5.74) is 1.52. The van der Waals surface area contributed by atoms with Crippen LogP contribution in [0, 0.1) is 0 Å². The lowest BCUT2D eigenvalue weighted by Gasteiger charge is -2.09. The zero-order chi connectivity index (χ0) is 12.2. The van der Waals surface area contributed by atoms with E-state index in [1.807, 2.05) is 18.2 Å². The average molecular weight is 216 g/mol. The van der Waals surface area contributed by atoms with Gasteiger partial charge >= 0.3 is 0 Å². The third kappa shape index (κ3) is 7.33. The summed E-state index contributed by atoms with van der Waals surface area (Å²) in [4.78, 5) is 0. The molecule has 0 atom stereocenters. The van der Waals surface area contributed by atoms with Crippen molar-refractivity contribution in [3.63, 3.8) is 0 Å². The van der Waals surface area contributed by atoms with Crippen LogP contribution in [0.25, 0.3) is 0 Å². The zero-order valence-electron chi connectivity index (χ0n) is 10.8. The summed E-state index contributed by atoms with van der Waals surface area (Å²) in [6.07, 6.45) is 12.8. The summed E-state index contributed by atoms with van der Waals surface area (Å²) in [5, 5.41) is 0. The second-order valence-electron chi connectivity index (χ2n) is 4.23. The summed E-state index contributed by atoms with van der Waals surface area (Å²) in [6.45, 7) is 14.3. The molecule has 0 aliphatic heterocycles. The van der Waals surface area contributed by atoms with E-state index < -0.39 is 0 Å². The summed E-state index contributed by atoms with van der Waals surface area (Å²) in [7, 11) is 0. The molecule has 0 bridgehead atoms. The molecule has 0 saturated carbocycles. The van der Waals surface area contributed by atoms with Crippen LogP contribution in [0.4, 0.5) is 0 Å². The lowest BCUT2D eigenvalue weighted by atomic mass is 9.44. The summed E-state index contributed by atoms with van der Waals surface area (Å²) >= 11 is 0. The van der Waals surface area contributed by atoms with Crippen molar-refractivity contribution in [3.05, 3.63) is 49.5 Å². The second kappa shape index (κ2) is 10.5. The molecular weight excluding hydrogens is 191 g/mol. The molecule has 0 nitrogen and oxygen atoms in total. The van der Waals surface area contributed by atoms with Crippen LogP contribution in [0.5, 0.6) is 0 Å². The number of rotatable bonds is 10. The topological polar surface area (TPSA) is 0 Å². The van der Waals surface area contributed by atoms with Crippen molar-refractivity contribution in [1.29, 1.82) is 0 Å². The normalized spacial score (nSPS) is 10.9. The van der Waals surface area contributed by atoms with E-state index in [1.54, 1.807) is 0 Å². The van der Waals surface area contributed by atoms with E-state index in [0.29, 0.717) is 6.71 Å². The Morgan fingerprint density at radius 2 is 1.69 bits per heavy atom. The smallest absolute Gasteiger partial charge is 0.115 e. The van der Waals surface area contributed by atoms with Crippen LogP contribution in [0.1, 0.15) is 32.6 Å². The van der Waals surface area contributed by atoms with Crippen molar-refractivity contribution < 1.29 is 0 Å². The molecule has 88 valence electrons. The maximum atomic E-state index is 3.83. The van der Waals surface area contributed by atoms with Gasteiger partial charge in [-0.2, -0.15) is 0 Å². The second-order valence-corrected chi connectivity index (χ2v) is 4.23. The quantitative estimate of drug-likeness (QED) is 0.352. The van der Waals surface area contributed by atoms with Crippen LogP contribution in [0.15, 0.2) is 49.5 Å². The van der Waals surface area contributed by atoms with Gasteiger partial charge in [-0.15, -0.1) is 25.7 Å². The Morgan fingerprint density at radius 3 is 2.12 bits per heavy atom. The third-order valence-corrected chi connectivity index (χ3v) is 2.67. The fraction of sp³-hybridized carbons (Fsp3) is 0.467. The molecule has 0 amide bonds. The minimum Gasteiger partial charge on any atom is -0.115 e. The largest absolute Gasteiger partial charge is 0.173 e. The fourth-order valence-electron chi connectivity index (χ4n) is 1.84. The predicted molar refractivity (Wildman–Crippen MR) is 78.2 cm³/mol. The maximum Gasteiger partial charge on any atom is 0.173 e. The highest BCUT2D eigenvalue weighted by Gasteiger charge is 2.07. The van der Waals surface area contributed by atoms with Crippen LogP contribution < -0.4 is 0 Å². The van der Waals surface area contributed by atoms with Crippen molar-refractivity contribution >= 4 is 6.71 Å². The monoisotopic (exact) mass is 216 g/mol. The Balaban J connectivity index is 4.46. The van der Waals surface area contributed by atoms with Gasteiger partial charge in [0.15, 0.2) is 6.71 Å². The summed E-state index contributed by atoms with van der Waals surface area (Å²) in [6, 6.07) is 0. The van der Waals surface area contributed by atoms with Crippen LogP contribution >= 0.6 is 0 Å². The van der Waals surface area contributed by atoms with Gasteiger partial charge in [-0.3, -0.25) is 0 Å². The van der Waals surface area contributed by atoms with Crippen molar-refractivity contribution in [1.82, 2.24) is 0 Å². The van der Waals surface area contributed by atoms with Crippen LogP contribution in [0.3, 0.4) is 0 Å². The highest BCUT2D eigenvalue weighted by Crippen LogP contribution is 2.15. The molecule has 0 N–H and O–H groups in total. The van der Waals surface area contributed by atoms with E-state index in [1.165, 1.54) is 24.8 Å². The van der Waals surface area contributed by atoms with Crippen LogP contribution in [-0.2, 0) is 0 Å². The number of unbranched alkanes of at least 4 members (excludes halogenated alkanes) is 1. The van der Waals surface area contributed by atoms with Gasteiger partial charge in [-0.05, 0) is 19.3 Å². The molecule has 0 radical (unpaired) electrons. The van der Waals surface area contributed by atoms with Crippen molar-refractivity contribution in [2.45, 2.75) is 45.2 Å². The molecule has 16 heavy (non-hydrogen) atoms. The van der Waals surface area contributed by atoms with E-state index in [2.05, 4.69) is 32.6 Å². The lowest BCUT2D eigenvalue weighted by molar-refractivity contribution is 0.776. The molecule has 0 aromatic heterocycles. The first-order valence-corrected chi connectivity index (χ1v) is 6.30. The Hall–Kier alpha value is -0.975. The molecule has 0 fully saturated rings. The molecule has 0 unspecified atom stereocenters. The fourth-order valence-corrected chi connectivity index (χ4v) is 1.84. The van der Waals surface area contributed by atoms with Gasteiger partial charge in [0, 0.05) is 0 Å². The Kier molecular flexibility index (Phi) is 9.90. The molecule has 0 saturated heterocycles. The van der Waals surface area contributed by atoms with Gasteiger partial charge in [0.1, 0.15) is 0 Å². The standard InChI is InChI=1S/C15H25B/c1-5-9-11-15(10-6-2)14-16(12-7-3)13-8-4/h6-8,14H,2-5,9-13H2,1H3/b15-14+. The molecule has 0 rings (SSSR count). The van der Waals surface area contributed by atoms with E-state index in [9.17, 15) is 0 Å². The first-order chi connectivity index (χ1) is 7.78. The van der Waals surface area contributed by atoms with Crippen molar-refractivity contribution in [2.75, 3.05) is 0 Å². The first-order valence-electron chi connectivity index (χ1n) is 6.30. The van der Waals surface area contributed by atoms with E-state index in [4.69, 9.17) is 0 Å². The molecule has 0 aliphatic carbocycles. The third-order valence-electron chi connectivity index (χ3n) is 2.67. The summed E-state index contributed by atoms with van der Waals surface area (Å²) < 4.78 is 0. The van der Waals surface area contributed by atoms with Gasteiger partial charge < -0.3 is 0 Å². The highest BCUT2D eigenvalue weighted by molar-refractivity contribution is 6.65. The van der Waals surface area contributed by atoms with Crippen molar-refractivity contribution in [2.24, 2.45) is 0 Å². The number of hydrogen-bond donors (Lipinski definition) is 0. The maximum absolute atomic E-state index is 3.83. The number of hydrogen-bond acceptors (Lipinski definition) is 0. The van der Waals surface area contributed by atoms with Gasteiger partial charge in [0.05, 0.1) is 0 Å². The highest BCUT2D eigenvalue weighted by atomic mass is 14.0. The van der Waals surface area contributed by atoms with Gasteiger partial charge in [-0.1, -0.05) is 49.8 Å². The minimum absolute atomic E-state index is 0.571. The molecular formula is C15H25B. The van der Waals surface area contributed by atoms with Gasteiger partial charge in [0.2, 0.25) is 0 Å². The SMILES string of the molecule is C=CCB(/C=C(\CC=C)CCCC)CC=C.